The maximum Gasteiger partial charge on any atom is 0.254 e. The molecule has 1 saturated carbocycles. The number of rotatable bonds is 6. The molecule has 1 N–H and O–H groups in total. The summed E-state index contributed by atoms with van der Waals surface area (Å²) in [6.45, 7) is 4.05. The number of benzene rings is 1. The Morgan fingerprint density at radius 2 is 2.03 bits per heavy atom. The SMILES string of the molecule is CCC1C[C@@H](O)CN(C(=O)c2cc(OC)c3c(c2)nc(-c2cc4cccnc4n2CC2CC2)n3C)C1. The number of pyridine rings is 1. The van der Waals surface area contributed by atoms with Crippen molar-refractivity contribution in [3.05, 3.63) is 42.1 Å². The summed E-state index contributed by atoms with van der Waals surface area (Å²) >= 11 is 0. The monoisotopic (exact) mass is 487 g/mol. The Morgan fingerprint density at radius 3 is 2.78 bits per heavy atom. The van der Waals surface area contributed by atoms with E-state index < -0.39 is 6.10 Å². The number of fused-ring (bicyclic) bond motifs is 2. The van der Waals surface area contributed by atoms with Crippen LogP contribution in [0.3, 0.4) is 0 Å². The normalized spacial score (nSPS) is 20.4. The number of imidazole rings is 1. The Bertz CT molecular complexity index is 1450. The number of β-amino-alcohol motifs (C(OH)–C–C–N with tert-alkyl or cyclic N) is 1. The largest absolute Gasteiger partial charge is 0.494 e. The van der Waals surface area contributed by atoms with E-state index in [4.69, 9.17) is 9.72 Å². The highest BCUT2D eigenvalue weighted by molar-refractivity contribution is 6.00. The number of hydrogen-bond donors (Lipinski definition) is 1. The molecule has 1 aliphatic carbocycles. The highest BCUT2D eigenvalue weighted by Crippen LogP contribution is 2.37. The van der Waals surface area contributed by atoms with Crippen molar-refractivity contribution in [1.82, 2.24) is 24.0 Å². The van der Waals surface area contributed by atoms with Crippen molar-refractivity contribution in [2.24, 2.45) is 18.9 Å². The minimum atomic E-state index is -0.485. The number of amides is 1. The first-order valence-electron chi connectivity index (χ1n) is 12.9. The molecule has 4 heterocycles. The minimum Gasteiger partial charge on any atom is -0.494 e. The Morgan fingerprint density at radius 1 is 1.19 bits per heavy atom. The van der Waals surface area contributed by atoms with Gasteiger partial charge in [0.2, 0.25) is 0 Å². The third-order valence-corrected chi connectivity index (χ3v) is 7.80. The number of aliphatic hydroxyl groups excluding tert-OH is 1. The molecular weight excluding hydrogens is 454 g/mol. The molecular formula is C28H33N5O3. The van der Waals surface area contributed by atoms with Gasteiger partial charge >= 0.3 is 0 Å². The van der Waals surface area contributed by atoms with Crippen LogP contribution in [0.2, 0.25) is 0 Å². The molecule has 1 amide bonds. The van der Waals surface area contributed by atoms with Crippen LogP contribution >= 0.6 is 0 Å². The van der Waals surface area contributed by atoms with Gasteiger partial charge in [-0.1, -0.05) is 13.3 Å². The van der Waals surface area contributed by atoms with E-state index in [0.29, 0.717) is 36.2 Å². The number of hydrogen-bond acceptors (Lipinski definition) is 5. The van der Waals surface area contributed by atoms with Crippen LogP contribution in [-0.4, -0.2) is 61.3 Å². The Balaban J connectivity index is 1.44. The first kappa shape index (κ1) is 23.0. The number of piperidine rings is 1. The van der Waals surface area contributed by atoms with Crippen LogP contribution < -0.4 is 4.74 Å². The van der Waals surface area contributed by atoms with Crippen molar-refractivity contribution in [3.8, 4) is 17.3 Å². The van der Waals surface area contributed by atoms with Gasteiger partial charge in [0.05, 0.1) is 24.4 Å². The number of aliphatic hydroxyl groups is 1. The van der Waals surface area contributed by atoms with E-state index in [1.54, 1.807) is 18.1 Å². The quantitative estimate of drug-likeness (QED) is 0.440. The van der Waals surface area contributed by atoms with E-state index in [1.165, 1.54) is 12.8 Å². The van der Waals surface area contributed by atoms with Gasteiger partial charge in [-0.25, -0.2) is 9.97 Å². The van der Waals surface area contributed by atoms with Gasteiger partial charge in [0.25, 0.3) is 5.91 Å². The molecule has 36 heavy (non-hydrogen) atoms. The zero-order chi connectivity index (χ0) is 25.0. The van der Waals surface area contributed by atoms with E-state index in [0.717, 1.165) is 53.0 Å². The second-order valence-electron chi connectivity index (χ2n) is 10.4. The first-order chi connectivity index (χ1) is 17.5. The van der Waals surface area contributed by atoms with Crippen LogP contribution in [0.4, 0.5) is 0 Å². The Labute approximate surface area is 210 Å². The number of carbonyl (C=O) groups excluding carboxylic acids is 1. The lowest BCUT2D eigenvalue weighted by Crippen LogP contribution is -2.46. The van der Waals surface area contributed by atoms with Crippen molar-refractivity contribution >= 4 is 28.0 Å². The number of carbonyl (C=O) groups is 1. The molecule has 1 aliphatic heterocycles. The molecule has 0 bridgehead atoms. The van der Waals surface area contributed by atoms with E-state index >= 15 is 0 Å². The van der Waals surface area contributed by atoms with Gasteiger partial charge in [-0.15, -0.1) is 0 Å². The molecule has 2 aliphatic rings. The fourth-order valence-corrected chi connectivity index (χ4v) is 5.65. The van der Waals surface area contributed by atoms with Crippen molar-refractivity contribution < 1.29 is 14.6 Å². The van der Waals surface area contributed by atoms with Gasteiger partial charge in [-0.05, 0) is 61.4 Å². The third kappa shape index (κ3) is 3.93. The van der Waals surface area contributed by atoms with Gasteiger partial charge < -0.3 is 23.9 Å². The Hall–Kier alpha value is -3.39. The predicted octanol–water partition coefficient (Wildman–Crippen LogP) is 4.24. The lowest BCUT2D eigenvalue weighted by atomic mass is 9.93. The van der Waals surface area contributed by atoms with Crippen LogP contribution in [0.1, 0.15) is 43.0 Å². The summed E-state index contributed by atoms with van der Waals surface area (Å²) in [6, 6.07) is 9.87. The van der Waals surface area contributed by atoms with Gasteiger partial charge in [0.15, 0.2) is 5.82 Å². The van der Waals surface area contributed by atoms with Crippen LogP contribution in [0, 0.1) is 11.8 Å². The first-order valence-corrected chi connectivity index (χ1v) is 12.9. The van der Waals surface area contributed by atoms with Crippen LogP contribution in [0.15, 0.2) is 36.5 Å². The fourth-order valence-electron chi connectivity index (χ4n) is 5.65. The summed E-state index contributed by atoms with van der Waals surface area (Å²) in [5.74, 6) is 2.34. The second-order valence-corrected chi connectivity index (χ2v) is 10.4. The summed E-state index contributed by atoms with van der Waals surface area (Å²) in [5.41, 5.74) is 4.10. The number of nitrogens with zero attached hydrogens (tertiary/aromatic N) is 5. The maximum absolute atomic E-state index is 13.5. The standard InChI is InChI=1S/C28H33N5O3/c1-4-17-10-21(34)16-32(14-17)28(35)20-11-22-25(24(13-20)36-3)31(2)27(30-22)23-12-19-6-5-9-29-26(19)33(23)15-18-7-8-18/h5-6,9,11-13,17-18,21,34H,4,7-8,10,14-16H2,1-3H3/t17?,21-/m1/s1. The lowest BCUT2D eigenvalue weighted by molar-refractivity contribution is 0.0303. The molecule has 8 heteroatoms. The molecule has 1 saturated heterocycles. The second kappa shape index (κ2) is 8.92. The number of methoxy groups -OCH3 is 1. The van der Waals surface area contributed by atoms with Crippen molar-refractivity contribution in [2.75, 3.05) is 20.2 Å². The summed E-state index contributed by atoms with van der Waals surface area (Å²) in [4.78, 5) is 24.9. The highest BCUT2D eigenvalue weighted by Gasteiger charge is 2.30. The average molecular weight is 488 g/mol. The average Bonchev–Trinajstić information content (AvgIpc) is 3.56. The predicted molar refractivity (Wildman–Crippen MR) is 139 cm³/mol. The molecule has 0 spiro atoms. The summed E-state index contributed by atoms with van der Waals surface area (Å²) in [7, 11) is 3.62. The molecule has 0 radical (unpaired) electrons. The minimum absolute atomic E-state index is 0.0911. The summed E-state index contributed by atoms with van der Waals surface area (Å²) in [6.07, 6.45) is 5.54. The van der Waals surface area contributed by atoms with Gasteiger partial charge in [-0.3, -0.25) is 4.79 Å². The van der Waals surface area contributed by atoms with Crippen molar-refractivity contribution in [2.45, 2.75) is 45.3 Å². The molecule has 4 aromatic rings. The fraction of sp³-hybridized carbons (Fsp3) is 0.464. The smallest absolute Gasteiger partial charge is 0.254 e. The zero-order valence-electron chi connectivity index (χ0n) is 21.1. The molecule has 6 rings (SSSR count). The topological polar surface area (TPSA) is 85.4 Å². The van der Waals surface area contributed by atoms with E-state index in [-0.39, 0.29) is 5.91 Å². The number of aromatic nitrogens is 4. The van der Waals surface area contributed by atoms with Gasteiger partial charge in [0.1, 0.15) is 16.9 Å². The molecule has 1 aromatic carbocycles. The molecule has 188 valence electrons. The third-order valence-electron chi connectivity index (χ3n) is 7.80. The Kier molecular flexibility index (Phi) is 5.71. The summed E-state index contributed by atoms with van der Waals surface area (Å²) < 4.78 is 10.1. The molecule has 2 fully saturated rings. The van der Waals surface area contributed by atoms with Crippen molar-refractivity contribution in [1.29, 1.82) is 0 Å². The van der Waals surface area contributed by atoms with Gasteiger partial charge in [0, 0.05) is 43.8 Å². The molecule has 2 atom stereocenters. The van der Waals surface area contributed by atoms with E-state index in [1.807, 2.05) is 25.4 Å². The highest BCUT2D eigenvalue weighted by atomic mass is 16.5. The molecule has 1 unspecified atom stereocenters. The van der Waals surface area contributed by atoms with E-state index in [9.17, 15) is 9.90 Å². The van der Waals surface area contributed by atoms with Crippen molar-refractivity contribution in [3.63, 3.8) is 0 Å². The van der Waals surface area contributed by atoms with E-state index in [2.05, 4.69) is 33.2 Å². The lowest BCUT2D eigenvalue weighted by Gasteiger charge is -2.35. The number of aryl methyl sites for hydroxylation is 1. The number of likely N-dealkylation sites (tertiary alicyclic amines) is 1. The zero-order valence-corrected chi connectivity index (χ0v) is 21.1. The maximum atomic E-state index is 13.5. The summed E-state index contributed by atoms with van der Waals surface area (Å²) in [5, 5.41) is 11.4. The number of ether oxygens (including phenoxy) is 1. The molecule has 8 nitrogen and oxygen atoms in total. The molecule has 3 aromatic heterocycles. The van der Waals surface area contributed by atoms with Gasteiger partial charge in [-0.2, -0.15) is 0 Å². The van der Waals surface area contributed by atoms with Crippen LogP contribution in [0.25, 0.3) is 33.6 Å². The van der Waals surface area contributed by atoms with Crippen LogP contribution in [0.5, 0.6) is 5.75 Å². The van der Waals surface area contributed by atoms with Crippen LogP contribution in [-0.2, 0) is 13.6 Å².